The molecule has 0 aliphatic heterocycles. The first-order valence-corrected chi connectivity index (χ1v) is 9.32. The second-order valence-corrected chi connectivity index (χ2v) is 7.40. The van der Waals surface area contributed by atoms with E-state index in [1.165, 1.54) is 65.5 Å². The largest absolute Gasteiger partial charge is 0.307 e. The Morgan fingerprint density at radius 2 is 1.54 bits per heavy atom. The Balaban J connectivity index is 1.81. The van der Waals surface area contributed by atoms with Gasteiger partial charge >= 0.3 is 0 Å². The summed E-state index contributed by atoms with van der Waals surface area (Å²) >= 11 is 0. The summed E-state index contributed by atoms with van der Waals surface area (Å²) in [5.41, 5.74) is 11.8. The van der Waals surface area contributed by atoms with Gasteiger partial charge in [0.2, 0.25) is 0 Å². The van der Waals surface area contributed by atoms with Crippen LogP contribution in [0.3, 0.4) is 0 Å². The van der Waals surface area contributed by atoms with Crippen molar-refractivity contribution in [3.8, 4) is 0 Å². The zero-order valence-electron chi connectivity index (χ0n) is 15.5. The molecule has 2 aliphatic rings. The van der Waals surface area contributed by atoms with Gasteiger partial charge in [-0.2, -0.15) is 5.10 Å². The van der Waals surface area contributed by atoms with Crippen LogP contribution in [0.25, 0.3) is 0 Å². The molecule has 0 radical (unpaired) electrons. The van der Waals surface area contributed by atoms with E-state index in [0.717, 1.165) is 0 Å². The van der Waals surface area contributed by atoms with E-state index in [9.17, 15) is 0 Å². The van der Waals surface area contributed by atoms with Crippen molar-refractivity contribution in [2.75, 3.05) is 0 Å². The van der Waals surface area contributed by atoms with Crippen molar-refractivity contribution in [2.24, 2.45) is 5.10 Å². The van der Waals surface area contributed by atoms with E-state index >= 15 is 0 Å². The van der Waals surface area contributed by atoms with E-state index in [-0.39, 0.29) is 0 Å². The molecular formula is C22H30N2. The highest BCUT2D eigenvalue weighted by Crippen LogP contribution is 2.43. The van der Waals surface area contributed by atoms with Crippen molar-refractivity contribution in [1.29, 1.82) is 0 Å². The van der Waals surface area contributed by atoms with E-state index in [0.29, 0.717) is 12.0 Å². The van der Waals surface area contributed by atoms with E-state index in [1.807, 2.05) is 6.21 Å². The quantitative estimate of drug-likeness (QED) is 0.557. The van der Waals surface area contributed by atoms with Gasteiger partial charge in [-0.25, -0.2) is 0 Å². The molecule has 2 aliphatic carbocycles. The molecule has 0 spiro atoms. The van der Waals surface area contributed by atoms with Gasteiger partial charge < -0.3 is 5.43 Å². The summed E-state index contributed by atoms with van der Waals surface area (Å²) in [5, 5.41) is 4.58. The Labute approximate surface area is 146 Å². The maximum Gasteiger partial charge on any atom is 0.0543 e. The highest BCUT2D eigenvalue weighted by Gasteiger charge is 2.27. The summed E-state index contributed by atoms with van der Waals surface area (Å²) in [6.45, 7) is 9.04. The monoisotopic (exact) mass is 322 g/mol. The summed E-state index contributed by atoms with van der Waals surface area (Å²) < 4.78 is 0. The van der Waals surface area contributed by atoms with Crippen LogP contribution in [0.15, 0.2) is 51.7 Å². The number of hydrazone groups is 1. The predicted octanol–water partition coefficient (Wildman–Crippen LogP) is 5.71. The third-order valence-corrected chi connectivity index (χ3v) is 5.98. The molecule has 3 rings (SSSR count). The van der Waals surface area contributed by atoms with Gasteiger partial charge in [-0.1, -0.05) is 54.7 Å². The molecule has 1 aromatic rings. The minimum absolute atomic E-state index is 0.405. The first-order valence-electron chi connectivity index (χ1n) is 9.32. The maximum absolute atomic E-state index is 4.58. The predicted molar refractivity (Wildman–Crippen MR) is 104 cm³/mol. The number of nitrogens with zero attached hydrogens (tertiary/aromatic N) is 1. The minimum atomic E-state index is 0.405. The van der Waals surface area contributed by atoms with Crippen LogP contribution in [-0.4, -0.2) is 12.3 Å². The number of allylic oxidation sites excluding steroid dienone is 4. The molecule has 0 atom stereocenters. The highest BCUT2D eigenvalue weighted by molar-refractivity contribution is 5.83. The Morgan fingerprint density at radius 3 is 2.21 bits per heavy atom. The molecule has 24 heavy (non-hydrogen) atoms. The molecule has 1 fully saturated rings. The summed E-state index contributed by atoms with van der Waals surface area (Å²) in [4.78, 5) is 0. The van der Waals surface area contributed by atoms with E-state index < -0.39 is 0 Å². The van der Waals surface area contributed by atoms with Crippen molar-refractivity contribution < 1.29 is 0 Å². The van der Waals surface area contributed by atoms with Crippen LogP contribution < -0.4 is 5.43 Å². The zero-order valence-corrected chi connectivity index (χ0v) is 15.5. The summed E-state index contributed by atoms with van der Waals surface area (Å²) in [6, 6.07) is 9.25. The molecule has 2 nitrogen and oxygen atoms in total. The van der Waals surface area contributed by atoms with Crippen LogP contribution in [0.4, 0.5) is 0 Å². The number of rotatable bonds is 4. The Kier molecular flexibility index (Phi) is 5.23. The smallest absolute Gasteiger partial charge is 0.0543 e. The van der Waals surface area contributed by atoms with Crippen molar-refractivity contribution >= 4 is 6.21 Å². The van der Waals surface area contributed by atoms with Crippen LogP contribution in [0.2, 0.25) is 0 Å². The molecule has 1 aromatic carbocycles. The Bertz CT molecular complexity index is 664. The fraction of sp³-hybridized carbons (Fsp3) is 0.500. The molecular weight excluding hydrogens is 292 g/mol. The molecule has 0 aromatic heterocycles. The third kappa shape index (κ3) is 3.33. The van der Waals surface area contributed by atoms with Crippen LogP contribution >= 0.6 is 0 Å². The maximum atomic E-state index is 4.58. The first kappa shape index (κ1) is 17.0. The fourth-order valence-corrected chi connectivity index (χ4v) is 4.15. The fourth-order valence-electron chi connectivity index (χ4n) is 4.15. The van der Waals surface area contributed by atoms with Gasteiger partial charge in [0.1, 0.15) is 0 Å². The molecule has 1 N–H and O–H groups in total. The lowest BCUT2D eigenvalue weighted by Gasteiger charge is -2.21. The average Bonchev–Trinajstić information content (AvgIpc) is 2.80. The van der Waals surface area contributed by atoms with E-state index in [4.69, 9.17) is 0 Å². The van der Waals surface area contributed by atoms with Gasteiger partial charge in [0.15, 0.2) is 0 Å². The van der Waals surface area contributed by atoms with Gasteiger partial charge in [0.25, 0.3) is 0 Å². The summed E-state index contributed by atoms with van der Waals surface area (Å²) in [6.07, 6.45) is 8.57. The molecule has 0 bridgehead atoms. The molecule has 128 valence electrons. The zero-order chi connectivity index (χ0) is 17.1. The van der Waals surface area contributed by atoms with Gasteiger partial charge in [-0.3, -0.25) is 0 Å². The Hall–Kier alpha value is -1.83. The number of hydrogen-bond donors (Lipinski definition) is 1. The first-order chi connectivity index (χ1) is 11.6. The average molecular weight is 322 g/mol. The normalized spacial score (nSPS) is 20.5. The highest BCUT2D eigenvalue weighted by atomic mass is 15.3. The molecule has 2 heteroatoms. The molecule has 0 unspecified atom stereocenters. The van der Waals surface area contributed by atoms with Crippen molar-refractivity contribution in [3.05, 3.63) is 57.7 Å². The lowest BCUT2D eigenvalue weighted by molar-refractivity contribution is 0.381. The van der Waals surface area contributed by atoms with Gasteiger partial charge in [0.05, 0.1) is 6.21 Å². The third-order valence-electron chi connectivity index (χ3n) is 5.98. The lowest BCUT2D eigenvalue weighted by Crippen LogP contribution is -2.26. The van der Waals surface area contributed by atoms with Crippen LogP contribution in [-0.2, 0) is 0 Å². The van der Waals surface area contributed by atoms with Crippen LogP contribution in [0.5, 0.6) is 0 Å². The lowest BCUT2D eigenvalue weighted by atomic mass is 9.86. The Morgan fingerprint density at radius 1 is 0.917 bits per heavy atom. The number of hydrogen-bond acceptors (Lipinski definition) is 2. The van der Waals surface area contributed by atoms with E-state index in [1.54, 1.807) is 0 Å². The minimum Gasteiger partial charge on any atom is -0.307 e. The summed E-state index contributed by atoms with van der Waals surface area (Å²) in [7, 11) is 0. The second kappa shape index (κ2) is 7.38. The van der Waals surface area contributed by atoms with Crippen LogP contribution in [0, 0.1) is 0 Å². The molecule has 0 amide bonds. The molecule has 0 heterocycles. The van der Waals surface area contributed by atoms with Gasteiger partial charge in [0, 0.05) is 12.0 Å². The van der Waals surface area contributed by atoms with Gasteiger partial charge in [-0.05, 0) is 62.8 Å². The molecule has 1 saturated carbocycles. The van der Waals surface area contributed by atoms with Crippen molar-refractivity contribution in [2.45, 2.75) is 71.8 Å². The van der Waals surface area contributed by atoms with E-state index in [2.05, 4.69) is 62.5 Å². The van der Waals surface area contributed by atoms with Crippen molar-refractivity contribution in [3.63, 3.8) is 0 Å². The molecule has 0 saturated heterocycles. The SMILES string of the molecule is CC1=C(C)C(c2ccccc2C=NNC2CCCCC2)C(C)=C1C. The van der Waals surface area contributed by atoms with Gasteiger partial charge in [-0.15, -0.1) is 0 Å². The van der Waals surface area contributed by atoms with Crippen LogP contribution in [0.1, 0.15) is 76.8 Å². The number of nitrogens with one attached hydrogen (secondary N) is 1. The summed E-state index contributed by atoms with van der Waals surface area (Å²) in [5.74, 6) is 0.405. The second-order valence-electron chi connectivity index (χ2n) is 7.40. The topological polar surface area (TPSA) is 24.4 Å². The van der Waals surface area contributed by atoms with Crippen molar-refractivity contribution in [1.82, 2.24) is 5.43 Å². The standard InChI is InChI=1S/C22H30N2/c1-15-16(2)18(4)22(17(15)3)21-13-9-8-10-19(21)14-23-24-20-11-6-5-7-12-20/h8-10,13-14,20,22,24H,5-7,11-12H2,1-4H3. The number of benzene rings is 1.